The summed E-state index contributed by atoms with van der Waals surface area (Å²) in [5.74, 6) is 0.750. The van der Waals surface area contributed by atoms with Crippen LogP contribution < -0.4 is 5.32 Å². The van der Waals surface area contributed by atoms with Crippen LogP contribution in [0, 0.1) is 6.92 Å². The quantitative estimate of drug-likeness (QED) is 0.637. The Kier molecular flexibility index (Phi) is 3.07. The predicted octanol–water partition coefficient (Wildman–Crippen LogP) is 2.56. The number of allylic oxidation sites excluding steroid dienone is 1. The molecule has 0 bridgehead atoms. The van der Waals surface area contributed by atoms with E-state index in [1.165, 1.54) is 0 Å². The minimum atomic E-state index is -0.317. The van der Waals surface area contributed by atoms with E-state index in [0.717, 1.165) is 22.1 Å². The molecule has 0 saturated heterocycles. The van der Waals surface area contributed by atoms with E-state index in [-0.39, 0.29) is 5.50 Å². The van der Waals surface area contributed by atoms with Gasteiger partial charge in [0, 0.05) is 17.3 Å². The number of thiazole rings is 1. The molecule has 1 N–H and O–H groups in total. The van der Waals surface area contributed by atoms with E-state index in [9.17, 15) is 0 Å². The Morgan fingerprint density at radius 1 is 1.67 bits per heavy atom. The first-order valence-electron chi connectivity index (χ1n) is 4.60. The minimum Gasteiger partial charge on any atom is -0.342 e. The van der Waals surface area contributed by atoms with E-state index in [0.29, 0.717) is 6.42 Å². The van der Waals surface area contributed by atoms with Gasteiger partial charge in [0.05, 0.1) is 0 Å². The monoisotopic (exact) mass is 240 g/mol. The largest absolute Gasteiger partial charge is 0.342 e. The van der Waals surface area contributed by atoms with E-state index >= 15 is 0 Å². The van der Waals surface area contributed by atoms with Crippen molar-refractivity contribution in [3.05, 3.63) is 34.8 Å². The molecule has 1 radical (unpaired) electrons. The molecule has 1 aliphatic rings. The summed E-state index contributed by atoms with van der Waals surface area (Å²) < 4.78 is 0. The van der Waals surface area contributed by atoms with Crippen LogP contribution in [0.2, 0.25) is 0 Å². The number of hydrogen-bond acceptors (Lipinski definition) is 4. The van der Waals surface area contributed by atoms with Crippen LogP contribution >= 0.6 is 22.9 Å². The third-order valence-corrected chi connectivity index (χ3v) is 3.36. The molecule has 1 atom stereocenters. The van der Waals surface area contributed by atoms with Gasteiger partial charge in [0.25, 0.3) is 0 Å². The lowest BCUT2D eigenvalue weighted by molar-refractivity contribution is 0.875. The van der Waals surface area contributed by atoms with Gasteiger partial charge in [0.2, 0.25) is 0 Å². The Labute approximate surface area is 97.9 Å². The van der Waals surface area contributed by atoms with Crippen molar-refractivity contribution in [1.82, 2.24) is 10.3 Å². The first-order chi connectivity index (χ1) is 7.22. The normalized spacial score (nSPS) is 21.3. The number of nitrogens with zero attached hydrogens (tertiary/aromatic N) is 2. The molecule has 5 heteroatoms. The van der Waals surface area contributed by atoms with Crippen LogP contribution in [-0.2, 0) is 0 Å². The van der Waals surface area contributed by atoms with Gasteiger partial charge in [-0.2, -0.15) is 0 Å². The lowest BCUT2D eigenvalue weighted by atomic mass is 10.1. The average molecular weight is 241 g/mol. The minimum absolute atomic E-state index is 0.317. The van der Waals surface area contributed by atoms with Crippen molar-refractivity contribution in [2.45, 2.75) is 18.8 Å². The van der Waals surface area contributed by atoms with Crippen molar-refractivity contribution in [3.63, 3.8) is 0 Å². The summed E-state index contributed by atoms with van der Waals surface area (Å²) in [5.41, 5.74) is 1.75. The zero-order valence-corrected chi connectivity index (χ0v) is 9.90. The molecule has 1 aliphatic heterocycles. The predicted molar refractivity (Wildman–Crippen MR) is 64.1 cm³/mol. The smallest absolute Gasteiger partial charge is 0.163 e. The lowest BCUT2D eigenvalue weighted by Gasteiger charge is -2.21. The fourth-order valence-corrected chi connectivity index (χ4v) is 2.37. The first-order valence-corrected chi connectivity index (χ1v) is 5.91. The van der Waals surface area contributed by atoms with E-state index in [4.69, 9.17) is 11.6 Å². The Morgan fingerprint density at radius 2 is 2.47 bits per heavy atom. The topological polar surface area (TPSA) is 37.3 Å². The highest BCUT2D eigenvalue weighted by Gasteiger charge is 2.20. The van der Waals surface area contributed by atoms with Crippen LogP contribution in [0.3, 0.4) is 0 Å². The van der Waals surface area contributed by atoms with Gasteiger partial charge in [-0.25, -0.2) is 9.98 Å². The van der Waals surface area contributed by atoms with Crippen molar-refractivity contribution >= 4 is 28.8 Å². The second-order valence-corrected chi connectivity index (χ2v) is 4.48. The highest BCUT2D eigenvalue weighted by molar-refractivity contribution is 7.11. The SMILES string of the molecule is [CH2]CC1=C(C)NC(c2nccs2)=NC1Cl. The van der Waals surface area contributed by atoms with Gasteiger partial charge >= 0.3 is 0 Å². The van der Waals surface area contributed by atoms with Crippen molar-refractivity contribution in [1.29, 1.82) is 0 Å². The molecule has 0 aliphatic carbocycles. The Hall–Kier alpha value is -0.870. The molecule has 3 nitrogen and oxygen atoms in total. The molecule has 1 unspecified atom stereocenters. The van der Waals surface area contributed by atoms with Gasteiger partial charge in [0.1, 0.15) is 5.50 Å². The molecule has 0 spiro atoms. The second kappa shape index (κ2) is 4.33. The standard InChI is InChI=1S/C10H11ClN3S/c1-3-7-6(2)13-9(14-8(7)11)10-12-4-5-15-10/h4-5,8H,1,3H2,2H3,(H,13,14). The number of aromatic nitrogens is 1. The zero-order chi connectivity index (χ0) is 10.8. The zero-order valence-electron chi connectivity index (χ0n) is 8.33. The van der Waals surface area contributed by atoms with Crippen molar-refractivity contribution < 1.29 is 0 Å². The van der Waals surface area contributed by atoms with Crippen molar-refractivity contribution in [2.24, 2.45) is 4.99 Å². The summed E-state index contributed by atoms with van der Waals surface area (Å²) in [6, 6.07) is 0. The molecule has 2 rings (SSSR count). The number of nitrogens with one attached hydrogen (secondary N) is 1. The third-order valence-electron chi connectivity index (χ3n) is 2.22. The summed E-state index contributed by atoms with van der Waals surface area (Å²) in [4.78, 5) is 8.54. The summed E-state index contributed by atoms with van der Waals surface area (Å²) in [6.45, 7) is 5.82. The molecule has 1 aromatic heterocycles. The van der Waals surface area contributed by atoms with Crippen LogP contribution in [0.15, 0.2) is 27.8 Å². The van der Waals surface area contributed by atoms with Gasteiger partial charge in [-0.1, -0.05) is 11.6 Å². The van der Waals surface area contributed by atoms with Crippen molar-refractivity contribution in [3.8, 4) is 0 Å². The molecule has 79 valence electrons. The van der Waals surface area contributed by atoms with Gasteiger partial charge in [-0.3, -0.25) is 0 Å². The van der Waals surface area contributed by atoms with Gasteiger partial charge in [-0.15, -0.1) is 11.3 Å². The Balaban J connectivity index is 2.28. The molecule has 1 aromatic rings. The summed E-state index contributed by atoms with van der Waals surface area (Å²) in [7, 11) is 0. The maximum atomic E-state index is 6.14. The van der Waals surface area contributed by atoms with Crippen LogP contribution in [0.5, 0.6) is 0 Å². The summed E-state index contributed by atoms with van der Waals surface area (Å²) in [6.07, 6.45) is 2.42. The van der Waals surface area contributed by atoms with Crippen LogP contribution in [0.1, 0.15) is 18.4 Å². The number of halogens is 1. The highest BCUT2D eigenvalue weighted by atomic mass is 35.5. The van der Waals surface area contributed by atoms with Crippen LogP contribution in [-0.4, -0.2) is 16.3 Å². The summed E-state index contributed by atoms with van der Waals surface area (Å²) >= 11 is 7.68. The maximum absolute atomic E-state index is 6.14. The molecular weight excluding hydrogens is 230 g/mol. The van der Waals surface area contributed by atoms with E-state index < -0.39 is 0 Å². The van der Waals surface area contributed by atoms with E-state index in [1.807, 2.05) is 12.3 Å². The average Bonchev–Trinajstić information content (AvgIpc) is 2.69. The molecular formula is C10H11ClN3S. The lowest BCUT2D eigenvalue weighted by Crippen LogP contribution is -2.30. The third kappa shape index (κ3) is 2.06. The van der Waals surface area contributed by atoms with E-state index in [2.05, 4.69) is 22.2 Å². The number of aliphatic imine (C=N–C) groups is 1. The number of amidine groups is 1. The fourth-order valence-electron chi connectivity index (χ4n) is 1.42. The number of hydrogen-bond donors (Lipinski definition) is 1. The van der Waals surface area contributed by atoms with Crippen molar-refractivity contribution in [2.75, 3.05) is 0 Å². The second-order valence-electron chi connectivity index (χ2n) is 3.18. The van der Waals surface area contributed by atoms with Gasteiger partial charge in [0.15, 0.2) is 10.8 Å². The molecule has 0 amide bonds. The molecule has 0 saturated carbocycles. The number of rotatable bonds is 2. The Morgan fingerprint density at radius 3 is 3.00 bits per heavy atom. The molecule has 0 aromatic carbocycles. The highest BCUT2D eigenvalue weighted by Crippen LogP contribution is 2.23. The Bertz CT molecular complexity index is 408. The molecule has 2 heterocycles. The van der Waals surface area contributed by atoms with Gasteiger partial charge in [-0.05, 0) is 25.8 Å². The molecule has 15 heavy (non-hydrogen) atoms. The van der Waals surface area contributed by atoms with Crippen LogP contribution in [0.4, 0.5) is 0 Å². The first kappa shape index (κ1) is 10.6. The maximum Gasteiger partial charge on any atom is 0.163 e. The van der Waals surface area contributed by atoms with Gasteiger partial charge < -0.3 is 5.32 Å². The molecule has 0 fully saturated rings. The van der Waals surface area contributed by atoms with Crippen LogP contribution in [0.25, 0.3) is 0 Å². The number of alkyl halides is 1. The van der Waals surface area contributed by atoms with E-state index in [1.54, 1.807) is 17.5 Å². The summed E-state index contributed by atoms with van der Waals surface area (Å²) in [5, 5.41) is 5.98. The fraction of sp³-hybridized carbons (Fsp3) is 0.300.